The molecule has 2 fully saturated rings. The zero-order chi connectivity index (χ0) is 21.7. The molecule has 0 aromatic heterocycles. The van der Waals surface area contributed by atoms with E-state index in [0.29, 0.717) is 19.6 Å². The summed E-state index contributed by atoms with van der Waals surface area (Å²) in [6, 6.07) is 16.5. The highest BCUT2D eigenvalue weighted by Gasteiger charge is 2.44. The molecule has 0 spiro atoms. The van der Waals surface area contributed by atoms with Gasteiger partial charge in [-0.3, -0.25) is 4.79 Å². The number of carbonyl (C=O) groups is 1. The number of nitrogens with zero attached hydrogens (tertiary/aromatic N) is 2. The predicted molar refractivity (Wildman–Crippen MR) is 142 cm³/mol. The first-order valence-electron chi connectivity index (χ1n) is 11.0. The molecule has 0 atom stereocenters. The molecule has 1 saturated carbocycles. The zero-order valence-electron chi connectivity index (χ0n) is 18.4. The number of piperazine rings is 1. The predicted octanol–water partition coefficient (Wildman–Crippen LogP) is 3.68. The Hall–Kier alpha value is -2.00. The number of halogens is 2. The van der Waals surface area contributed by atoms with Crippen molar-refractivity contribution < 1.29 is 4.79 Å². The molecular formula is C24H31ClIN5O. The van der Waals surface area contributed by atoms with Crippen LogP contribution in [0.4, 0.5) is 5.69 Å². The lowest BCUT2D eigenvalue weighted by molar-refractivity contribution is -0.120. The van der Waals surface area contributed by atoms with Crippen LogP contribution in [0.3, 0.4) is 0 Å². The second kappa shape index (κ2) is 11.2. The number of hydrogen-bond donors (Lipinski definition) is 3. The highest BCUT2D eigenvalue weighted by atomic mass is 127. The minimum absolute atomic E-state index is 0. The Morgan fingerprint density at radius 2 is 1.97 bits per heavy atom. The van der Waals surface area contributed by atoms with Crippen LogP contribution in [0, 0.1) is 0 Å². The molecule has 3 N–H and O–H groups in total. The highest BCUT2D eigenvalue weighted by Crippen LogP contribution is 2.48. The lowest BCUT2D eigenvalue weighted by atomic mass is 9.96. The largest absolute Gasteiger partial charge is 0.360 e. The first-order valence-corrected chi connectivity index (χ1v) is 11.3. The molecule has 0 bridgehead atoms. The maximum Gasteiger partial charge on any atom is 0.239 e. The summed E-state index contributed by atoms with van der Waals surface area (Å²) in [6.45, 7) is 6.28. The van der Waals surface area contributed by atoms with Gasteiger partial charge in [0.2, 0.25) is 5.91 Å². The van der Waals surface area contributed by atoms with Gasteiger partial charge in [0, 0.05) is 42.3 Å². The summed E-state index contributed by atoms with van der Waals surface area (Å²) in [5, 5.41) is 10.5. The number of carbonyl (C=O) groups excluding carboxylic acids is 1. The summed E-state index contributed by atoms with van der Waals surface area (Å²) in [4.78, 5) is 18.5. The Balaban J connectivity index is 0.00000289. The van der Waals surface area contributed by atoms with Gasteiger partial charge < -0.3 is 20.9 Å². The molecule has 6 nitrogen and oxygen atoms in total. The first kappa shape index (κ1) is 24.6. The summed E-state index contributed by atoms with van der Waals surface area (Å²) >= 11 is 6.20. The van der Waals surface area contributed by atoms with Crippen molar-refractivity contribution in [2.75, 3.05) is 37.6 Å². The van der Waals surface area contributed by atoms with Gasteiger partial charge >= 0.3 is 0 Å². The lowest BCUT2D eigenvalue weighted by Gasteiger charge is -2.28. The number of aliphatic imine (C=N–C) groups is 1. The van der Waals surface area contributed by atoms with Gasteiger partial charge in [0.25, 0.3) is 0 Å². The average molecular weight is 568 g/mol. The van der Waals surface area contributed by atoms with Gasteiger partial charge in [-0.15, -0.1) is 24.0 Å². The number of amides is 1. The second-order valence-electron chi connectivity index (χ2n) is 8.28. The SMILES string of the molecule is CCNC(=NCc1ccc(N2CCNC(=O)C2)cc1)NCC1(c2cccc(Cl)c2)CC1.I. The van der Waals surface area contributed by atoms with Gasteiger partial charge in [-0.25, -0.2) is 4.99 Å². The van der Waals surface area contributed by atoms with E-state index in [1.54, 1.807) is 0 Å². The van der Waals surface area contributed by atoms with Crippen molar-refractivity contribution in [3.8, 4) is 0 Å². The monoisotopic (exact) mass is 567 g/mol. The van der Waals surface area contributed by atoms with E-state index in [4.69, 9.17) is 16.6 Å². The number of rotatable bonds is 7. The molecule has 1 amide bonds. The summed E-state index contributed by atoms with van der Waals surface area (Å²) in [5.74, 6) is 0.903. The van der Waals surface area contributed by atoms with Gasteiger partial charge in [0.1, 0.15) is 0 Å². The minimum atomic E-state index is 0. The Bertz CT molecular complexity index is 946. The van der Waals surface area contributed by atoms with Crippen LogP contribution in [-0.2, 0) is 16.8 Å². The van der Waals surface area contributed by atoms with Crippen LogP contribution < -0.4 is 20.9 Å². The first-order chi connectivity index (χ1) is 15.1. The number of nitrogens with one attached hydrogen (secondary N) is 3. The van der Waals surface area contributed by atoms with E-state index in [-0.39, 0.29) is 35.3 Å². The molecule has 1 saturated heterocycles. The van der Waals surface area contributed by atoms with Gasteiger partial charge in [-0.2, -0.15) is 0 Å². The topological polar surface area (TPSA) is 68.8 Å². The molecule has 0 unspecified atom stereocenters. The van der Waals surface area contributed by atoms with Gasteiger partial charge in [-0.1, -0.05) is 35.9 Å². The van der Waals surface area contributed by atoms with Crippen LogP contribution in [0.1, 0.15) is 30.9 Å². The van der Waals surface area contributed by atoms with Crippen LogP contribution in [0.15, 0.2) is 53.5 Å². The third-order valence-electron chi connectivity index (χ3n) is 5.99. The van der Waals surface area contributed by atoms with Crippen LogP contribution in [0.25, 0.3) is 0 Å². The fourth-order valence-corrected chi connectivity index (χ4v) is 4.16. The highest BCUT2D eigenvalue weighted by molar-refractivity contribution is 14.0. The molecule has 4 rings (SSSR count). The Kier molecular flexibility index (Phi) is 8.64. The van der Waals surface area contributed by atoms with E-state index in [1.165, 1.54) is 5.56 Å². The molecule has 8 heteroatoms. The third-order valence-corrected chi connectivity index (χ3v) is 6.22. The van der Waals surface area contributed by atoms with Crippen molar-refractivity contribution in [3.63, 3.8) is 0 Å². The molecule has 1 aliphatic heterocycles. The van der Waals surface area contributed by atoms with Crippen LogP contribution >= 0.6 is 35.6 Å². The lowest BCUT2D eigenvalue weighted by Crippen LogP contribution is -2.47. The number of anilines is 1. The van der Waals surface area contributed by atoms with E-state index in [9.17, 15) is 4.79 Å². The maximum absolute atomic E-state index is 11.6. The van der Waals surface area contributed by atoms with Gasteiger partial charge in [0.15, 0.2) is 5.96 Å². The molecule has 1 heterocycles. The second-order valence-corrected chi connectivity index (χ2v) is 8.71. The normalized spacial score (nSPS) is 17.2. The van der Waals surface area contributed by atoms with Crippen molar-refractivity contribution in [1.82, 2.24) is 16.0 Å². The molecular weight excluding hydrogens is 537 g/mol. The third kappa shape index (κ3) is 6.28. The molecule has 0 radical (unpaired) electrons. The van der Waals surface area contributed by atoms with Crippen LogP contribution in [0.2, 0.25) is 5.02 Å². The summed E-state index contributed by atoms with van der Waals surface area (Å²) < 4.78 is 0. The van der Waals surface area contributed by atoms with E-state index < -0.39 is 0 Å². The summed E-state index contributed by atoms with van der Waals surface area (Å²) in [7, 11) is 0. The maximum atomic E-state index is 11.6. The van der Waals surface area contributed by atoms with Crippen molar-refractivity contribution in [2.45, 2.75) is 31.7 Å². The molecule has 2 aromatic carbocycles. The average Bonchev–Trinajstić information content (AvgIpc) is 3.57. The Morgan fingerprint density at radius 1 is 1.19 bits per heavy atom. The smallest absolute Gasteiger partial charge is 0.239 e. The fraction of sp³-hybridized carbons (Fsp3) is 0.417. The van der Waals surface area contributed by atoms with Gasteiger partial charge in [-0.05, 0) is 55.2 Å². The van der Waals surface area contributed by atoms with Crippen molar-refractivity contribution >= 4 is 53.1 Å². The van der Waals surface area contributed by atoms with Crippen LogP contribution in [-0.4, -0.2) is 44.6 Å². The summed E-state index contributed by atoms with van der Waals surface area (Å²) in [5.41, 5.74) is 3.66. The van der Waals surface area contributed by atoms with E-state index in [2.05, 4.69) is 64.2 Å². The fourth-order valence-electron chi connectivity index (χ4n) is 3.97. The van der Waals surface area contributed by atoms with Crippen molar-refractivity contribution in [3.05, 3.63) is 64.7 Å². The number of guanidine groups is 1. The van der Waals surface area contributed by atoms with E-state index >= 15 is 0 Å². The van der Waals surface area contributed by atoms with Crippen LogP contribution in [0.5, 0.6) is 0 Å². The Labute approximate surface area is 212 Å². The standard InChI is InChI=1S/C24H30ClN5O.HI/c1-2-26-23(29-17-24(10-11-24)19-4-3-5-20(25)14-19)28-15-18-6-8-21(9-7-18)30-13-12-27-22(31)16-30;/h3-9,14H,2,10-13,15-17H2,1H3,(H,27,31)(H2,26,28,29);1H. The number of hydrogen-bond acceptors (Lipinski definition) is 3. The molecule has 1 aliphatic carbocycles. The number of benzene rings is 2. The van der Waals surface area contributed by atoms with Gasteiger partial charge in [0.05, 0.1) is 13.1 Å². The minimum Gasteiger partial charge on any atom is -0.360 e. The van der Waals surface area contributed by atoms with Crippen molar-refractivity contribution in [1.29, 1.82) is 0 Å². The molecule has 172 valence electrons. The quantitative estimate of drug-likeness (QED) is 0.271. The Morgan fingerprint density at radius 3 is 2.62 bits per heavy atom. The van der Waals surface area contributed by atoms with E-state index in [1.807, 2.05) is 12.1 Å². The molecule has 2 aromatic rings. The summed E-state index contributed by atoms with van der Waals surface area (Å²) in [6.07, 6.45) is 2.32. The van der Waals surface area contributed by atoms with Crippen molar-refractivity contribution in [2.24, 2.45) is 4.99 Å². The molecule has 32 heavy (non-hydrogen) atoms. The zero-order valence-corrected chi connectivity index (χ0v) is 21.5. The molecule has 2 aliphatic rings. The van der Waals surface area contributed by atoms with E-state index in [0.717, 1.165) is 54.7 Å².